The summed E-state index contributed by atoms with van der Waals surface area (Å²) in [5.41, 5.74) is -0.281. The zero-order valence-electron chi connectivity index (χ0n) is 8.33. The van der Waals surface area contributed by atoms with E-state index in [1.807, 2.05) is 20.8 Å². The molecular weight excluding hydrogens is 170 g/mol. The number of ether oxygens (including phenoxy) is 2. The summed E-state index contributed by atoms with van der Waals surface area (Å²) in [5, 5.41) is 12.3. The Labute approximate surface area is 78.2 Å². The van der Waals surface area contributed by atoms with Crippen molar-refractivity contribution in [1.29, 1.82) is 0 Å². The lowest BCUT2D eigenvalue weighted by Crippen LogP contribution is -2.39. The Bertz CT molecular complexity index is 219. The number of nitrogens with one attached hydrogen (secondary N) is 1. The van der Waals surface area contributed by atoms with Crippen LogP contribution in [-0.4, -0.2) is 41.8 Å². The quantitative estimate of drug-likeness (QED) is 0.600. The summed E-state index contributed by atoms with van der Waals surface area (Å²) in [4.78, 5) is 0. The third kappa shape index (κ3) is 1.38. The van der Waals surface area contributed by atoms with E-state index in [4.69, 9.17) is 14.6 Å². The predicted molar refractivity (Wildman–Crippen MR) is 47.3 cm³/mol. The number of rotatable bonds is 1. The molecule has 76 valence electrons. The Morgan fingerprint density at radius 1 is 1.46 bits per heavy atom. The number of fused-ring (bicyclic) bond motifs is 1. The molecule has 0 aromatic heterocycles. The maximum atomic E-state index is 9.10. The van der Waals surface area contributed by atoms with E-state index < -0.39 is 5.79 Å². The molecule has 4 heteroatoms. The average Bonchev–Trinajstić information content (AvgIpc) is 2.38. The molecule has 2 fully saturated rings. The van der Waals surface area contributed by atoms with Crippen LogP contribution in [-0.2, 0) is 9.47 Å². The Kier molecular flexibility index (Phi) is 1.93. The largest absolute Gasteiger partial charge is 0.395 e. The van der Waals surface area contributed by atoms with Crippen LogP contribution in [0, 0.1) is 0 Å². The second-order valence-electron chi connectivity index (χ2n) is 4.52. The van der Waals surface area contributed by atoms with Crippen molar-refractivity contribution in [3.63, 3.8) is 0 Å². The van der Waals surface area contributed by atoms with Crippen molar-refractivity contribution in [1.82, 2.24) is 5.32 Å². The SMILES string of the molecule is CC1(C)O[C@@H]2[C@@H](CO)NC[C@]2(C)O1. The van der Waals surface area contributed by atoms with Crippen LogP contribution in [0.2, 0.25) is 0 Å². The zero-order valence-corrected chi connectivity index (χ0v) is 8.33. The van der Waals surface area contributed by atoms with Gasteiger partial charge in [-0.2, -0.15) is 0 Å². The summed E-state index contributed by atoms with van der Waals surface area (Å²) in [5.74, 6) is -0.519. The van der Waals surface area contributed by atoms with Gasteiger partial charge in [0.05, 0.1) is 12.6 Å². The van der Waals surface area contributed by atoms with Gasteiger partial charge in [-0.05, 0) is 20.8 Å². The molecule has 4 nitrogen and oxygen atoms in total. The molecule has 3 atom stereocenters. The minimum atomic E-state index is -0.519. The van der Waals surface area contributed by atoms with Crippen LogP contribution in [0.25, 0.3) is 0 Å². The van der Waals surface area contributed by atoms with Crippen LogP contribution >= 0.6 is 0 Å². The molecule has 0 amide bonds. The fraction of sp³-hybridized carbons (Fsp3) is 1.00. The molecule has 2 saturated heterocycles. The fourth-order valence-corrected chi connectivity index (χ4v) is 2.32. The summed E-state index contributed by atoms with van der Waals surface area (Å²) < 4.78 is 11.5. The second kappa shape index (κ2) is 2.67. The highest BCUT2D eigenvalue weighted by molar-refractivity contribution is 5.06. The molecule has 2 aliphatic heterocycles. The van der Waals surface area contributed by atoms with E-state index in [9.17, 15) is 0 Å². The Hall–Kier alpha value is -0.160. The molecule has 2 aliphatic rings. The summed E-state index contributed by atoms with van der Waals surface area (Å²) in [6.45, 7) is 6.68. The standard InChI is InChI=1S/C9H17NO3/c1-8(2)12-7-6(4-11)10-5-9(7,3)13-8/h6-7,10-11H,4-5H2,1-3H3/t6-,7-,9+/m1/s1. The van der Waals surface area contributed by atoms with E-state index in [2.05, 4.69) is 5.32 Å². The minimum absolute atomic E-state index is 0.00627. The van der Waals surface area contributed by atoms with Crippen LogP contribution in [0.4, 0.5) is 0 Å². The van der Waals surface area contributed by atoms with Crippen LogP contribution in [0.1, 0.15) is 20.8 Å². The highest BCUT2D eigenvalue weighted by atomic mass is 16.8. The van der Waals surface area contributed by atoms with Gasteiger partial charge in [0.2, 0.25) is 0 Å². The van der Waals surface area contributed by atoms with Gasteiger partial charge in [0.1, 0.15) is 11.7 Å². The molecule has 0 aromatic carbocycles. The summed E-state index contributed by atoms with van der Waals surface area (Å²) in [7, 11) is 0. The van der Waals surface area contributed by atoms with Crippen molar-refractivity contribution >= 4 is 0 Å². The molecule has 0 saturated carbocycles. The summed E-state index contributed by atoms with van der Waals surface area (Å²) in [6, 6.07) is 0.00627. The van der Waals surface area contributed by atoms with Crippen molar-refractivity contribution in [2.45, 2.75) is 44.3 Å². The molecule has 0 bridgehead atoms. The lowest BCUT2D eigenvalue weighted by molar-refractivity contribution is -0.165. The third-order valence-electron chi connectivity index (χ3n) is 2.77. The van der Waals surface area contributed by atoms with Gasteiger partial charge < -0.3 is 19.9 Å². The number of aliphatic hydroxyl groups excluding tert-OH is 1. The van der Waals surface area contributed by atoms with Gasteiger partial charge in [-0.15, -0.1) is 0 Å². The second-order valence-corrected chi connectivity index (χ2v) is 4.52. The van der Waals surface area contributed by atoms with Crippen molar-refractivity contribution in [2.75, 3.05) is 13.2 Å². The number of hydrogen-bond acceptors (Lipinski definition) is 4. The predicted octanol–water partition coefficient (Wildman–Crippen LogP) is -0.139. The Morgan fingerprint density at radius 3 is 2.77 bits per heavy atom. The van der Waals surface area contributed by atoms with Gasteiger partial charge in [-0.1, -0.05) is 0 Å². The van der Waals surface area contributed by atoms with Crippen LogP contribution in [0.15, 0.2) is 0 Å². The molecule has 0 unspecified atom stereocenters. The van der Waals surface area contributed by atoms with Crippen molar-refractivity contribution in [3.8, 4) is 0 Å². The molecule has 0 aromatic rings. The van der Waals surface area contributed by atoms with Crippen LogP contribution < -0.4 is 5.32 Å². The molecule has 0 aliphatic carbocycles. The first-order valence-corrected chi connectivity index (χ1v) is 4.69. The van der Waals surface area contributed by atoms with Gasteiger partial charge in [-0.3, -0.25) is 0 Å². The van der Waals surface area contributed by atoms with Gasteiger partial charge >= 0.3 is 0 Å². The first-order valence-electron chi connectivity index (χ1n) is 4.69. The number of hydrogen-bond donors (Lipinski definition) is 2. The zero-order chi connectivity index (χ0) is 9.69. The molecule has 0 spiro atoms. The first-order chi connectivity index (χ1) is 5.97. The Morgan fingerprint density at radius 2 is 2.15 bits per heavy atom. The van der Waals surface area contributed by atoms with E-state index in [0.717, 1.165) is 6.54 Å². The molecule has 13 heavy (non-hydrogen) atoms. The van der Waals surface area contributed by atoms with Crippen molar-refractivity contribution in [3.05, 3.63) is 0 Å². The lowest BCUT2D eigenvalue weighted by Gasteiger charge is -2.22. The molecule has 2 N–H and O–H groups in total. The molecule has 2 heterocycles. The average molecular weight is 187 g/mol. The number of aliphatic hydroxyl groups is 1. The van der Waals surface area contributed by atoms with E-state index in [1.54, 1.807) is 0 Å². The highest BCUT2D eigenvalue weighted by Crippen LogP contribution is 2.40. The molecule has 0 radical (unpaired) electrons. The van der Waals surface area contributed by atoms with Crippen LogP contribution in [0.3, 0.4) is 0 Å². The van der Waals surface area contributed by atoms with E-state index in [1.165, 1.54) is 0 Å². The Balaban J connectivity index is 2.18. The lowest BCUT2D eigenvalue weighted by atomic mass is 10.00. The third-order valence-corrected chi connectivity index (χ3v) is 2.77. The van der Waals surface area contributed by atoms with Gasteiger partial charge in [0.15, 0.2) is 5.79 Å². The maximum absolute atomic E-state index is 9.10. The minimum Gasteiger partial charge on any atom is -0.395 e. The van der Waals surface area contributed by atoms with Gasteiger partial charge in [-0.25, -0.2) is 0 Å². The molecular formula is C9H17NO3. The van der Waals surface area contributed by atoms with Gasteiger partial charge in [0.25, 0.3) is 0 Å². The van der Waals surface area contributed by atoms with Crippen LogP contribution in [0.5, 0.6) is 0 Å². The van der Waals surface area contributed by atoms with Crippen molar-refractivity contribution in [2.24, 2.45) is 0 Å². The van der Waals surface area contributed by atoms with Crippen molar-refractivity contribution < 1.29 is 14.6 Å². The maximum Gasteiger partial charge on any atom is 0.164 e. The van der Waals surface area contributed by atoms with Gasteiger partial charge in [0, 0.05) is 6.54 Å². The smallest absolute Gasteiger partial charge is 0.164 e. The first kappa shape index (κ1) is 9.40. The summed E-state index contributed by atoms with van der Waals surface area (Å²) >= 11 is 0. The normalized spacial score (nSPS) is 48.0. The van der Waals surface area contributed by atoms with E-state index >= 15 is 0 Å². The fourth-order valence-electron chi connectivity index (χ4n) is 2.32. The van der Waals surface area contributed by atoms with E-state index in [0.29, 0.717) is 0 Å². The monoisotopic (exact) mass is 187 g/mol. The molecule has 2 rings (SSSR count). The topological polar surface area (TPSA) is 50.7 Å². The highest BCUT2D eigenvalue weighted by Gasteiger charge is 2.56. The summed E-state index contributed by atoms with van der Waals surface area (Å²) in [6.07, 6.45) is -0.0347. The van der Waals surface area contributed by atoms with E-state index in [-0.39, 0.29) is 24.4 Å².